The van der Waals surface area contributed by atoms with Gasteiger partial charge < -0.3 is 21.7 Å². The van der Waals surface area contributed by atoms with Crippen molar-refractivity contribution in [2.45, 2.75) is 75.8 Å². The number of carbonyl (C=O) groups is 2. The second-order valence-corrected chi connectivity index (χ2v) is 9.77. The fourth-order valence-electron chi connectivity index (χ4n) is 6.26. The molecule has 5 rings (SSSR count). The number of nitrogens with one attached hydrogen (secondary N) is 3. The van der Waals surface area contributed by atoms with E-state index in [1.807, 2.05) is 6.92 Å². The van der Waals surface area contributed by atoms with Gasteiger partial charge in [-0.25, -0.2) is 4.79 Å². The lowest BCUT2D eigenvalue weighted by molar-refractivity contribution is -0.122. The molecule has 0 saturated heterocycles. The highest BCUT2D eigenvalue weighted by Crippen LogP contribution is 2.55. The van der Waals surface area contributed by atoms with E-state index >= 15 is 0 Å². The zero-order valence-electron chi connectivity index (χ0n) is 16.4. The van der Waals surface area contributed by atoms with Crippen molar-refractivity contribution in [3.63, 3.8) is 0 Å². The molecule has 0 aromatic carbocycles. The smallest absolute Gasteiger partial charge is 0.315 e. The van der Waals surface area contributed by atoms with Gasteiger partial charge in [0.25, 0.3) is 0 Å². The maximum absolute atomic E-state index is 12.4. The molecule has 1 unspecified atom stereocenters. The van der Waals surface area contributed by atoms with Crippen molar-refractivity contribution in [3.8, 4) is 0 Å². The van der Waals surface area contributed by atoms with Crippen molar-refractivity contribution < 1.29 is 9.59 Å². The Hall–Kier alpha value is -1.01. The lowest BCUT2D eigenvalue weighted by atomic mass is 9.53. The lowest BCUT2D eigenvalue weighted by Gasteiger charge is -2.56. The Morgan fingerprint density at radius 1 is 1.07 bits per heavy atom. The average molecular weight is 399 g/mol. The van der Waals surface area contributed by atoms with Crippen molar-refractivity contribution in [3.05, 3.63) is 0 Å². The van der Waals surface area contributed by atoms with Gasteiger partial charge in [-0.3, -0.25) is 4.79 Å². The summed E-state index contributed by atoms with van der Waals surface area (Å²) in [6.45, 7) is 2.86. The number of hydrogen-bond acceptors (Lipinski definition) is 3. The first kappa shape index (κ1) is 20.7. The third kappa shape index (κ3) is 4.53. The SMILES string of the molecule is CC(CN)(NC(=O)CCNC(=O)NC12CC3CC(CC(C3)C1)C2)C1CC1.Cl. The predicted molar refractivity (Wildman–Crippen MR) is 108 cm³/mol. The van der Waals surface area contributed by atoms with E-state index < -0.39 is 0 Å². The van der Waals surface area contributed by atoms with Crippen LogP contribution in [0.2, 0.25) is 0 Å². The summed E-state index contributed by atoms with van der Waals surface area (Å²) in [4.78, 5) is 24.6. The Labute approximate surface area is 168 Å². The molecule has 5 saturated carbocycles. The third-order valence-corrected chi connectivity index (χ3v) is 7.38. The monoisotopic (exact) mass is 398 g/mol. The normalized spacial score (nSPS) is 35.7. The molecule has 4 bridgehead atoms. The summed E-state index contributed by atoms with van der Waals surface area (Å²) in [6.07, 6.45) is 10.1. The number of hydrogen-bond donors (Lipinski definition) is 4. The molecule has 27 heavy (non-hydrogen) atoms. The minimum absolute atomic E-state index is 0. The molecule has 0 aromatic heterocycles. The van der Waals surface area contributed by atoms with Crippen molar-refractivity contribution >= 4 is 24.3 Å². The predicted octanol–water partition coefficient (Wildman–Crippen LogP) is 2.31. The molecular formula is C20H35ClN4O2. The molecule has 5 aliphatic carbocycles. The zero-order valence-corrected chi connectivity index (χ0v) is 17.2. The summed E-state index contributed by atoms with van der Waals surface area (Å²) in [5.41, 5.74) is 5.57. The summed E-state index contributed by atoms with van der Waals surface area (Å²) in [5, 5.41) is 9.25. The Bertz CT molecular complexity index is 545. The fraction of sp³-hybridized carbons (Fsp3) is 0.900. The maximum Gasteiger partial charge on any atom is 0.315 e. The number of urea groups is 1. The molecule has 6 nitrogen and oxygen atoms in total. The minimum atomic E-state index is -0.293. The molecule has 7 heteroatoms. The van der Waals surface area contributed by atoms with Crippen LogP contribution < -0.4 is 21.7 Å². The highest BCUT2D eigenvalue weighted by atomic mass is 35.5. The van der Waals surface area contributed by atoms with Gasteiger partial charge in [-0.05, 0) is 82.0 Å². The molecule has 1 atom stereocenters. The summed E-state index contributed by atoms with van der Waals surface area (Å²) in [7, 11) is 0. The molecule has 3 amide bonds. The topological polar surface area (TPSA) is 96.2 Å². The van der Waals surface area contributed by atoms with Gasteiger partial charge >= 0.3 is 6.03 Å². The quantitative estimate of drug-likeness (QED) is 0.529. The number of rotatable bonds is 7. The van der Waals surface area contributed by atoms with Gasteiger partial charge in [0.2, 0.25) is 5.91 Å². The highest BCUT2D eigenvalue weighted by molar-refractivity contribution is 5.85. The molecular weight excluding hydrogens is 364 g/mol. The molecule has 5 aliphatic rings. The highest BCUT2D eigenvalue weighted by Gasteiger charge is 2.51. The molecule has 154 valence electrons. The molecule has 5 fully saturated rings. The molecule has 0 aliphatic heterocycles. The third-order valence-electron chi connectivity index (χ3n) is 7.38. The Balaban J connectivity index is 0.00000210. The van der Waals surface area contributed by atoms with E-state index in [1.54, 1.807) is 0 Å². The zero-order chi connectivity index (χ0) is 18.4. The first-order valence-corrected chi connectivity index (χ1v) is 10.5. The van der Waals surface area contributed by atoms with Crippen LogP contribution in [-0.4, -0.2) is 36.1 Å². The largest absolute Gasteiger partial charge is 0.349 e. The van der Waals surface area contributed by atoms with Crippen molar-refractivity contribution in [1.82, 2.24) is 16.0 Å². The van der Waals surface area contributed by atoms with Crippen molar-refractivity contribution in [2.75, 3.05) is 13.1 Å². The van der Waals surface area contributed by atoms with Crippen LogP contribution in [0.1, 0.15) is 64.7 Å². The number of carbonyl (C=O) groups excluding carboxylic acids is 2. The summed E-state index contributed by atoms with van der Waals surface area (Å²) in [6, 6.07) is -0.108. The molecule has 0 heterocycles. The van der Waals surface area contributed by atoms with E-state index in [1.165, 1.54) is 19.3 Å². The molecule has 0 spiro atoms. The van der Waals surface area contributed by atoms with Crippen LogP contribution in [0.4, 0.5) is 4.79 Å². The van der Waals surface area contributed by atoms with E-state index in [2.05, 4.69) is 16.0 Å². The Kier molecular flexibility index (Phi) is 5.97. The summed E-state index contributed by atoms with van der Waals surface area (Å²) < 4.78 is 0. The lowest BCUT2D eigenvalue weighted by Crippen LogP contribution is -2.61. The van der Waals surface area contributed by atoms with E-state index in [-0.39, 0.29) is 35.4 Å². The van der Waals surface area contributed by atoms with Crippen LogP contribution in [0.3, 0.4) is 0 Å². The van der Waals surface area contributed by atoms with Crippen LogP contribution in [0, 0.1) is 23.7 Å². The van der Waals surface area contributed by atoms with Crippen LogP contribution in [0.15, 0.2) is 0 Å². The van der Waals surface area contributed by atoms with E-state index in [0.29, 0.717) is 25.4 Å². The molecule has 5 N–H and O–H groups in total. The van der Waals surface area contributed by atoms with Crippen LogP contribution in [0.25, 0.3) is 0 Å². The maximum atomic E-state index is 12.4. The summed E-state index contributed by atoms with van der Waals surface area (Å²) >= 11 is 0. The van der Waals surface area contributed by atoms with Gasteiger partial charge in [-0.2, -0.15) is 0 Å². The van der Waals surface area contributed by atoms with E-state index in [4.69, 9.17) is 5.73 Å². The van der Waals surface area contributed by atoms with E-state index in [0.717, 1.165) is 49.9 Å². The molecule has 0 radical (unpaired) electrons. The van der Waals surface area contributed by atoms with Crippen molar-refractivity contribution in [1.29, 1.82) is 0 Å². The van der Waals surface area contributed by atoms with Gasteiger partial charge in [0.15, 0.2) is 0 Å². The van der Waals surface area contributed by atoms with Crippen LogP contribution >= 0.6 is 12.4 Å². The van der Waals surface area contributed by atoms with Gasteiger partial charge in [-0.1, -0.05) is 0 Å². The first-order chi connectivity index (χ1) is 12.4. The van der Waals surface area contributed by atoms with Gasteiger partial charge in [-0.15, -0.1) is 12.4 Å². The first-order valence-electron chi connectivity index (χ1n) is 10.5. The number of amides is 3. The van der Waals surface area contributed by atoms with Crippen LogP contribution in [-0.2, 0) is 4.79 Å². The summed E-state index contributed by atoms with van der Waals surface area (Å²) in [5.74, 6) is 2.90. The second-order valence-electron chi connectivity index (χ2n) is 9.77. The Morgan fingerprint density at radius 3 is 2.11 bits per heavy atom. The van der Waals surface area contributed by atoms with Crippen molar-refractivity contribution in [2.24, 2.45) is 29.4 Å². The van der Waals surface area contributed by atoms with Gasteiger partial charge in [0, 0.05) is 25.0 Å². The van der Waals surface area contributed by atoms with Gasteiger partial charge in [0.1, 0.15) is 0 Å². The Morgan fingerprint density at radius 2 is 1.63 bits per heavy atom. The second kappa shape index (κ2) is 7.78. The number of halogens is 1. The minimum Gasteiger partial charge on any atom is -0.349 e. The van der Waals surface area contributed by atoms with Crippen LogP contribution in [0.5, 0.6) is 0 Å². The molecule has 0 aromatic rings. The van der Waals surface area contributed by atoms with E-state index in [9.17, 15) is 9.59 Å². The average Bonchev–Trinajstić information content (AvgIpc) is 3.38. The number of nitrogens with two attached hydrogens (primary N) is 1. The standard InChI is InChI=1S/C20H34N4O2.ClH/c1-19(12-21,16-2-3-16)23-17(25)4-5-22-18(26)24-20-9-13-6-14(10-20)8-15(7-13)11-20;/h13-16H,2-12,21H2,1H3,(H,23,25)(H2,22,24,26);1H. The van der Waals surface area contributed by atoms with Gasteiger partial charge in [0.05, 0.1) is 5.54 Å². The fourth-order valence-corrected chi connectivity index (χ4v) is 6.26.